The topological polar surface area (TPSA) is 44.1 Å². The zero-order valence-electron chi connectivity index (χ0n) is 12.0. The summed E-state index contributed by atoms with van der Waals surface area (Å²) in [5, 5.41) is 8.94. The van der Waals surface area contributed by atoms with Gasteiger partial charge in [0.15, 0.2) is 0 Å². The minimum atomic E-state index is -0.266. The monoisotopic (exact) mass is 286 g/mol. The van der Waals surface area contributed by atoms with Gasteiger partial charge in [0.25, 0.3) is 0 Å². The molecule has 0 radical (unpaired) electrons. The Kier molecular flexibility index (Phi) is 4.03. The molecule has 0 N–H and O–H groups in total. The predicted molar refractivity (Wildman–Crippen MR) is 76.9 cm³/mol. The third-order valence-corrected chi connectivity index (χ3v) is 4.78. The maximum Gasteiger partial charge on any atom is 0.137 e. The van der Waals surface area contributed by atoms with Crippen LogP contribution >= 0.6 is 0 Å². The van der Waals surface area contributed by atoms with Crippen molar-refractivity contribution in [2.24, 2.45) is 5.92 Å². The van der Waals surface area contributed by atoms with Crippen molar-refractivity contribution in [3.63, 3.8) is 0 Å². The molecule has 3 nitrogen and oxygen atoms in total. The van der Waals surface area contributed by atoms with Crippen molar-refractivity contribution >= 4 is 5.78 Å². The van der Waals surface area contributed by atoms with Crippen molar-refractivity contribution in [3.8, 4) is 6.07 Å². The Balaban J connectivity index is 1.77. The van der Waals surface area contributed by atoms with Crippen molar-refractivity contribution in [1.82, 2.24) is 4.90 Å². The molecule has 0 spiro atoms. The fraction of sp³-hybridized carbons (Fsp3) is 0.529. The number of nitrogens with zero attached hydrogens (tertiary/aromatic N) is 2. The Morgan fingerprint density at radius 3 is 2.90 bits per heavy atom. The molecule has 21 heavy (non-hydrogen) atoms. The first-order valence-corrected chi connectivity index (χ1v) is 7.64. The van der Waals surface area contributed by atoms with Crippen LogP contribution < -0.4 is 0 Å². The molecule has 1 aliphatic heterocycles. The first-order valence-electron chi connectivity index (χ1n) is 7.64. The molecule has 3 rings (SSSR count). The number of likely N-dealkylation sites (tertiary alicyclic amines) is 1. The highest BCUT2D eigenvalue weighted by molar-refractivity contribution is 5.83. The zero-order valence-corrected chi connectivity index (χ0v) is 12.0. The lowest BCUT2D eigenvalue weighted by molar-refractivity contribution is -0.122. The number of carbonyl (C=O) groups excluding carboxylic acids is 1. The second-order valence-corrected chi connectivity index (χ2v) is 6.06. The molecule has 2 aliphatic rings. The average Bonchev–Trinajstić information content (AvgIpc) is 3.09. The normalized spacial score (nSPS) is 26.2. The summed E-state index contributed by atoms with van der Waals surface area (Å²) in [6.07, 6.45) is 4.75. The molecule has 4 heteroatoms. The van der Waals surface area contributed by atoms with Crippen LogP contribution in [0.1, 0.15) is 43.2 Å². The summed E-state index contributed by atoms with van der Waals surface area (Å²) >= 11 is 0. The lowest BCUT2D eigenvalue weighted by atomic mass is 9.95. The molecular formula is C17H19FN2O. The highest BCUT2D eigenvalue weighted by Gasteiger charge is 2.38. The number of hydrogen-bond acceptors (Lipinski definition) is 3. The number of rotatable bonds is 3. The largest absolute Gasteiger partial charge is 0.299 e. The number of ketones is 1. The molecular weight excluding hydrogens is 267 g/mol. The van der Waals surface area contributed by atoms with E-state index in [0.29, 0.717) is 29.9 Å². The molecule has 1 aromatic carbocycles. The smallest absolute Gasteiger partial charge is 0.137 e. The maximum atomic E-state index is 13.9. The van der Waals surface area contributed by atoms with Crippen molar-refractivity contribution < 1.29 is 9.18 Å². The number of halogens is 1. The summed E-state index contributed by atoms with van der Waals surface area (Å²) in [6.45, 7) is 1.40. The second-order valence-electron chi connectivity index (χ2n) is 6.06. The Morgan fingerprint density at radius 1 is 1.33 bits per heavy atom. The van der Waals surface area contributed by atoms with Crippen molar-refractivity contribution in [2.75, 3.05) is 6.54 Å². The predicted octanol–water partition coefficient (Wildman–Crippen LogP) is 3.03. The number of carbonyl (C=O) groups is 1. The molecule has 2 unspecified atom stereocenters. The second kappa shape index (κ2) is 5.95. The number of benzene rings is 1. The van der Waals surface area contributed by atoms with E-state index in [1.165, 1.54) is 12.1 Å². The SMILES string of the molecule is N#Cc1ccc(F)c(CN2CCCC2C2CCCC2=O)c1. The lowest BCUT2D eigenvalue weighted by Gasteiger charge is -2.28. The van der Waals surface area contributed by atoms with Crippen LogP contribution in [0.2, 0.25) is 0 Å². The Labute approximate surface area is 124 Å². The molecule has 1 aliphatic carbocycles. The van der Waals surface area contributed by atoms with E-state index in [9.17, 15) is 9.18 Å². The van der Waals surface area contributed by atoms with Gasteiger partial charge in [-0.1, -0.05) is 0 Å². The number of Topliss-reactive ketones (excluding diaryl/α,β-unsaturated/α-hetero) is 1. The molecule has 110 valence electrons. The summed E-state index contributed by atoms with van der Waals surface area (Å²) in [5.41, 5.74) is 1.05. The fourth-order valence-corrected chi connectivity index (χ4v) is 3.74. The van der Waals surface area contributed by atoms with Crippen LogP contribution in [0.5, 0.6) is 0 Å². The van der Waals surface area contributed by atoms with E-state index in [1.807, 2.05) is 0 Å². The highest BCUT2D eigenvalue weighted by Crippen LogP contribution is 2.34. The van der Waals surface area contributed by atoms with Gasteiger partial charge in [-0.15, -0.1) is 0 Å². The number of nitriles is 1. The Hall–Kier alpha value is -1.73. The van der Waals surface area contributed by atoms with Crippen molar-refractivity contribution in [3.05, 3.63) is 35.1 Å². The standard InChI is InChI=1S/C17H19FN2O/c18-15-7-6-12(10-19)9-13(15)11-20-8-2-4-16(20)14-3-1-5-17(14)21/h6-7,9,14,16H,1-5,8,11H2. The summed E-state index contributed by atoms with van der Waals surface area (Å²) < 4.78 is 13.9. The van der Waals surface area contributed by atoms with Gasteiger partial charge in [-0.3, -0.25) is 9.69 Å². The molecule has 1 heterocycles. The zero-order chi connectivity index (χ0) is 14.8. The maximum absolute atomic E-state index is 13.9. The summed E-state index contributed by atoms with van der Waals surface area (Å²) in [4.78, 5) is 14.2. The van der Waals surface area contributed by atoms with Crippen molar-refractivity contribution in [2.45, 2.75) is 44.7 Å². The van der Waals surface area contributed by atoms with E-state index in [4.69, 9.17) is 5.26 Å². The van der Waals surface area contributed by atoms with Gasteiger partial charge in [-0.2, -0.15) is 5.26 Å². The van der Waals surface area contributed by atoms with E-state index in [1.54, 1.807) is 6.07 Å². The van der Waals surface area contributed by atoms with Gasteiger partial charge >= 0.3 is 0 Å². The van der Waals surface area contributed by atoms with Gasteiger partial charge in [0.2, 0.25) is 0 Å². The van der Waals surface area contributed by atoms with Gasteiger partial charge < -0.3 is 0 Å². The lowest BCUT2D eigenvalue weighted by Crippen LogP contribution is -2.37. The van der Waals surface area contributed by atoms with E-state index in [0.717, 1.165) is 32.2 Å². The van der Waals surface area contributed by atoms with Crippen LogP contribution in [0.15, 0.2) is 18.2 Å². The molecule has 1 saturated carbocycles. The van der Waals surface area contributed by atoms with Crippen LogP contribution in [0, 0.1) is 23.1 Å². The molecule has 0 aromatic heterocycles. The first-order chi connectivity index (χ1) is 10.2. The first kappa shape index (κ1) is 14.2. The van der Waals surface area contributed by atoms with Crippen LogP contribution in [-0.2, 0) is 11.3 Å². The van der Waals surface area contributed by atoms with Gasteiger partial charge in [0.05, 0.1) is 11.6 Å². The van der Waals surface area contributed by atoms with Crippen LogP contribution in [0.25, 0.3) is 0 Å². The third-order valence-electron chi connectivity index (χ3n) is 4.78. The molecule has 2 fully saturated rings. The van der Waals surface area contributed by atoms with E-state index < -0.39 is 0 Å². The molecule has 2 atom stereocenters. The quantitative estimate of drug-likeness (QED) is 0.858. The fourth-order valence-electron chi connectivity index (χ4n) is 3.74. The molecule has 1 saturated heterocycles. The van der Waals surface area contributed by atoms with Gasteiger partial charge in [0.1, 0.15) is 11.6 Å². The summed E-state index contributed by atoms with van der Waals surface area (Å²) in [6, 6.07) is 6.80. The van der Waals surface area contributed by atoms with Gasteiger partial charge in [0, 0.05) is 30.5 Å². The van der Waals surface area contributed by atoms with E-state index in [-0.39, 0.29) is 17.8 Å². The van der Waals surface area contributed by atoms with Gasteiger partial charge in [-0.25, -0.2) is 4.39 Å². The average molecular weight is 286 g/mol. The van der Waals surface area contributed by atoms with Gasteiger partial charge in [-0.05, 0) is 50.4 Å². The summed E-state index contributed by atoms with van der Waals surface area (Å²) in [5.74, 6) is 0.241. The molecule has 1 aromatic rings. The highest BCUT2D eigenvalue weighted by atomic mass is 19.1. The van der Waals surface area contributed by atoms with E-state index in [2.05, 4.69) is 11.0 Å². The van der Waals surface area contributed by atoms with Crippen LogP contribution in [0.4, 0.5) is 4.39 Å². The summed E-state index contributed by atoms with van der Waals surface area (Å²) in [7, 11) is 0. The van der Waals surface area contributed by atoms with E-state index >= 15 is 0 Å². The third kappa shape index (κ3) is 2.84. The molecule has 0 amide bonds. The van der Waals surface area contributed by atoms with Crippen molar-refractivity contribution in [1.29, 1.82) is 5.26 Å². The van der Waals surface area contributed by atoms with Crippen LogP contribution in [-0.4, -0.2) is 23.3 Å². The molecule has 0 bridgehead atoms. The Bertz CT molecular complexity index is 593. The minimum Gasteiger partial charge on any atom is -0.299 e. The Morgan fingerprint density at radius 2 is 2.19 bits per heavy atom. The van der Waals surface area contributed by atoms with Crippen LogP contribution in [0.3, 0.4) is 0 Å². The minimum absolute atomic E-state index is 0.134. The number of hydrogen-bond donors (Lipinski definition) is 0.